The molecule has 1 aliphatic carbocycles. The van der Waals surface area contributed by atoms with Crippen LogP contribution in [0.4, 0.5) is 0 Å². The predicted molar refractivity (Wildman–Crippen MR) is 129 cm³/mol. The third kappa shape index (κ3) is 3.84. The van der Waals surface area contributed by atoms with Crippen LogP contribution in [0.2, 0.25) is 4.75 Å². The van der Waals surface area contributed by atoms with Crippen LogP contribution in [0.3, 0.4) is 0 Å². The van der Waals surface area contributed by atoms with E-state index in [4.69, 9.17) is 0 Å². The van der Waals surface area contributed by atoms with Crippen LogP contribution in [0.5, 0.6) is 0 Å². The third-order valence-electron chi connectivity index (χ3n) is 7.27. The maximum atomic E-state index is 2.48. The van der Waals surface area contributed by atoms with E-state index in [1.165, 1.54) is 19.3 Å². The van der Waals surface area contributed by atoms with Crippen LogP contribution < -0.4 is 13.2 Å². The second-order valence-electron chi connectivity index (χ2n) is 9.34. The van der Waals surface area contributed by atoms with Crippen molar-refractivity contribution in [3.05, 3.63) is 91.0 Å². The van der Waals surface area contributed by atoms with E-state index in [1.807, 2.05) is 0 Å². The molecule has 0 N–H and O–H groups in total. The van der Waals surface area contributed by atoms with Gasteiger partial charge in [-0.3, -0.25) is 0 Å². The van der Waals surface area contributed by atoms with E-state index in [0.29, 0.717) is 0 Å². The standard InChI is InChI=1S/C28H34Ge/c1-22(2)27-20-19-23(3)21-28(27)29(24-13-7-4-8-14-24,25-15-9-5-10-16-25)26-17-11-6-12-18-26/h4-18,22-23,27-28H,19-21H2,1-3H3/t23-,27+,28-/m0/s1. The zero-order valence-electron chi connectivity index (χ0n) is 18.1. The summed E-state index contributed by atoms with van der Waals surface area (Å²) in [6.07, 6.45) is 4.13. The molecular weight excluding hydrogens is 409 g/mol. The molecule has 0 aromatic heterocycles. The Morgan fingerprint density at radius 2 is 1.07 bits per heavy atom. The third-order valence-corrected chi connectivity index (χ3v) is 18.8. The van der Waals surface area contributed by atoms with Gasteiger partial charge in [-0.1, -0.05) is 0 Å². The fraction of sp³-hybridized carbons (Fsp3) is 0.357. The van der Waals surface area contributed by atoms with Crippen molar-refractivity contribution in [2.45, 2.75) is 44.8 Å². The molecule has 1 fully saturated rings. The Balaban J connectivity index is 2.05. The number of rotatable bonds is 5. The number of hydrogen-bond acceptors (Lipinski definition) is 0. The summed E-state index contributed by atoms with van der Waals surface area (Å²) in [6, 6.07) is 34.7. The molecule has 3 aromatic carbocycles. The molecule has 0 heterocycles. The van der Waals surface area contributed by atoms with Crippen LogP contribution in [0.25, 0.3) is 0 Å². The van der Waals surface area contributed by atoms with Crippen LogP contribution in [0.1, 0.15) is 40.0 Å². The van der Waals surface area contributed by atoms with Crippen molar-refractivity contribution in [2.24, 2.45) is 17.8 Å². The molecule has 0 bridgehead atoms. The summed E-state index contributed by atoms with van der Waals surface area (Å²) in [5.41, 5.74) is 0. The summed E-state index contributed by atoms with van der Waals surface area (Å²) in [7, 11) is 0. The van der Waals surface area contributed by atoms with Gasteiger partial charge in [0.25, 0.3) is 0 Å². The van der Waals surface area contributed by atoms with Gasteiger partial charge in [0.1, 0.15) is 0 Å². The Hall–Kier alpha value is -1.80. The van der Waals surface area contributed by atoms with E-state index in [1.54, 1.807) is 13.2 Å². The van der Waals surface area contributed by atoms with E-state index in [2.05, 4.69) is 112 Å². The molecule has 0 amide bonds. The molecule has 0 nitrogen and oxygen atoms in total. The van der Waals surface area contributed by atoms with Crippen LogP contribution in [-0.4, -0.2) is 13.3 Å². The Labute approximate surface area is 179 Å². The van der Waals surface area contributed by atoms with Crippen LogP contribution in [0, 0.1) is 17.8 Å². The zero-order chi connectivity index (χ0) is 20.3. The summed E-state index contributed by atoms with van der Waals surface area (Å²) in [4.78, 5) is 0. The number of hydrogen-bond donors (Lipinski definition) is 0. The quantitative estimate of drug-likeness (QED) is 0.450. The van der Waals surface area contributed by atoms with Gasteiger partial charge in [0.05, 0.1) is 0 Å². The summed E-state index contributed by atoms with van der Waals surface area (Å²) in [5, 5.41) is 0. The van der Waals surface area contributed by atoms with Crippen molar-refractivity contribution in [1.82, 2.24) is 0 Å². The molecule has 1 aliphatic rings. The first-order valence-corrected chi connectivity index (χ1v) is 15.7. The molecule has 150 valence electrons. The van der Waals surface area contributed by atoms with E-state index in [9.17, 15) is 0 Å². The zero-order valence-corrected chi connectivity index (χ0v) is 20.2. The van der Waals surface area contributed by atoms with Crippen molar-refractivity contribution < 1.29 is 0 Å². The SMILES string of the molecule is CC(C)[C@H]1CC[C@H](C)C[C@@H]1[Ge]([c]1ccccc1)([c]1ccccc1)[c]1ccccc1. The van der Waals surface area contributed by atoms with E-state index in [-0.39, 0.29) is 0 Å². The van der Waals surface area contributed by atoms with E-state index < -0.39 is 13.3 Å². The Morgan fingerprint density at radius 3 is 1.45 bits per heavy atom. The van der Waals surface area contributed by atoms with Gasteiger partial charge in [0, 0.05) is 0 Å². The Kier molecular flexibility index (Phi) is 6.30. The van der Waals surface area contributed by atoms with Gasteiger partial charge in [0.15, 0.2) is 0 Å². The normalized spacial score (nSPS) is 22.6. The second-order valence-corrected chi connectivity index (χ2v) is 17.9. The maximum absolute atomic E-state index is 2.92. The molecule has 4 rings (SSSR count). The van der Waals surface area contributed by atoms with Crippen molar-refractivity contribution in [3.63, 3.8) is 0 Å². The van der Waals surface area contributed by atoms with Gasteiger partial charge in [-0.05, 0) is 0 Å². The molecule has 3 atom stereocenters. The first-order valence-electron chi connectivity index (χ1n) is 11.3. The Morgan fingerprint density at radius 1 is 0.655 bits per heavy atom. The molecule has 0 unspecified atom stereocenters. The molecule has 1 saturated carbocycles. The van der Waals surface area contributed by atoms with Gasteiger partial charge >= 0.3 is 180 Å². The molecular formula is C28H34Ge. The van der Waals surface area contributed by atoms with Gasteiger partial charge in [-0.15, -0.1) is 0 Å². The van der Waals surface area contributed by atoms with Crippen LogP contribution in [0.15, 0.2) is 91.0 Å². The van der Waals surface area contributed by atoms with Crippen molar-refractivity contribution in [1.29, 1.82) is 0 Å². The van der Waals surface area contributed by atoms with Crippen molar-refractivity contribution in [3.8, 4) is 0 Å². The molecule has 0 radical (unpaired) electrons. The molecule has 3 aromatic rings. The van der Waals surface area contributed by atoms with Gasteiger partial charge < -0.3 is 0 Å². The molecule has 29 heavy (non-hydrogen) atoms. The summed E-state index contributed by atoms with van der Waals surface area (Å²) >= 11 is -2.92. The molecule has 0 aliphatic heterocycles. The van der Waals surface area contributed by atoms with Crippen molar-refractivity contribution in [2.75, 3.05) is 0 Å². The summed E-state index contributed by atoms with van der Waals surface area (Å²) in [6.45, 7) is 7.40. The minimum atomic E-state index is -2.92. The first-order chi connectivity index (χ1) is 14.1. The minimum absolute atomic E-state index is 0.730. The molecule has 0 saturated heterocycles. The van der Waals surface area contributed by atoms with Crippen LogP contribution in [-0.2, 0) is 0 Å². The molecule has 1 heteroatoms. The average Bonchev–Trinajstić information content (AvgIpc) is 2.77. The monoisotopic (exact) mass is 444 g/mol. The van der Waals surface area contributed by atoms with Crippen LogP contribution >= 0.6 is 0 Å². The first kappa shape index (κ1) is 20.5. The van der Waals surface area contributed by atoms with Gasteiger partial charge in [-0.25, -0.2) is 0 Å². The van der Waals surface area contributed by atoms with E-state index in [0.717, 1.165) is 22.5 Å². The second kappa shape index (κ2) is 8.92. The molecule has 0 spiro atoms. The fourth-order valence-electron chi connectivity index (χ4n) is 5.95. The van der Waals surface area contributed by atoms with Gasteiger partial charge in [-0.2, -0.15) is 0 Å². The topological polar surface area (TPSA) is 0 Å². The number of benzene rings is 3. The van der Waals surface area contributed by atoms with Gasteiger partial charge in [0.2, 0.25) is 0 Å². The van der Waals surface area contributed by atoms with Crippen molar-refractivity contribution >= 4 is 26.5 Å². The average molecular weight is 443 g/mol. The predicted octanol–water partition coefficient (Wildman–Crippen LogP) is 5.62. The van der Waals surface area contributed by atoms with E-state index >= 15 is 0 Å². The summed E-state index contributed by atoms with van der Waals surface area (Å²) in [5.74, 6) is 2.34. The fourth-order valence-corrected chi connectivity index (χ4v) is 19.3. The Bertz CT molecular complexity index is 789. The summed E-state index contributed by atoms with van der Waals surface area (Å²) < 4.78 is 5.63.